The predicted molar refractivity (Wildman–Crippen MR) is 65.1 cm³/mol. The molecule has 1 rings (SSSR count). The van der Waals surface area contributed by atoms with E-state index in [9.17, 15) is 4.79 Å². The van der Waals surface area contributed by atoms with Crippen LogP contribution in [0.15, 0.2) is 18.2 Å². The first-order valence-electron chi connectivity index (χ1n) is 5.35. The topological polar surface area (TPSA) is 52.3 Å². The van der Waals surface area contributed by atoms with E-state index < -0.39 is 5.60 Å². The molecule has 3 heteroatoms. The first kappa shape index (κ1) is 12.6. The van der Waals surface area contributed by atoms with E-state index in [2.05, 4.69) is 0 Å². The normalized spacial score (nSPS) is 11.2. The highest BCUT2D eigenvalue weighted by atomic mass is 16.6. The summed E-state index contributed by atoms with van der Waals surface area (Å²) in [6.07, 6.45) is 0.227. The summed E-state index contributed by atoms with van der Waals surface area (Å²) in [6.45, 7) is 7.48. The van der Waals surface area contributed by atoms with E-state index in [1.807, 2.05) is 45.9 Å². The van der Waals surface area contributed by atoms with Gasteiger partial charge in [0.2, 0.25) is 0 Å². The minimum atomic E-state index is -0.449. The highest BCUT2D eigenvalue weighted by Gasteiger charge is 2.17. The van der Waals surface area contributed by atoms with E-state index in [-0.39, 0.29) is 12.4 Å². The molecule has 1 aromatic carbocycles. The van der Waals surface area contributed by atoms with Gasteiger partial charge in [-0.25, -0.2) is 0 Å². The zero-order valence-electron chi connectivity index (χ0n) is 10.3. The lowest BCUT2D eigenvalue weighted by Crippen LogP contribution is -2.25. The number of nitrogen functional groups attached to an aromatic ring is 1. The van der Waals surface area contributed by atoms with E-state index in [0.29, 0.717) is 5.69 Å². The summed E-state index contributed by atoms with van der Waals surface area (Å²) in [5.74, 6) is -0.246. The number of nitrogens with two attached hydrogens (primary N) is 1. The van der Waals surface area contributed by atoms with Crippen molar-refractivity contribution >= 4 is 11.7 Å². The number of rotatable bonds is 2. The van der Waals surface area contributed by atoms with Crippen molar-refractivity contribution < 1.29 is 9.53 Å². The summed E-state index contributed by atoms with van der Waals surface area (Å²) >= 11 is 0. The first-order chi connectivity index (χ1) is 7.29. The number of carbonyl (C=O) groups excluding carboxylic acids is 1. The van der Waals surface area contributed by atoms with Crippen LogP contribution in [0.2, 0.25) is 0 Å². The fourth-order valence-corrected chi connectivity index (χ4v) is 1.43. The molecule has 0 aliphatic heterocycles. The van der Waals surface area contributed by atoms with Gasteiger partial charge >= 0.3 is 5.97 Å². The fourth-order valence-electron chi connectivity index (χ4n) is 1.43. The lowest BCUT2D eigenvalue weighted by Gasteiger charge is -2.19. The van der Waals surface area contributed by atoms with Crippen LogP contribution in [0.1, 0.15) is 31.9 Å². The van der Waals surface area contributed by atoms with Crippen LogP contribution in [0.5, 0.6) is 0 Å². The molecule has 16 heavy (non-hydrogen) atoms. The molecule has 1 aromatic rings. The van der Waals surface area contributed by atoms with Crippen LogP contribution < -0.4 is 5.73 Å². The molecule has 0 radical (unpaired) electrons. The molecule has 0 aromatic heterocycles. The van der Waals surface area contributed by atoms with Crippen molar-refractivity contribution in [3.05, 3.63) is 29.3 Å². The van der Waals surface area contributed by atoms with Gasteiger partial charge in [0.25, 0.3) is 0 Å². The van der Waals surface area contributed by atoms with Gasteiger partial charge in [-0.15, -0.1) is 0 Å². The van der Waals surface area contributed by atoms with Crippen LogP contribution in [0.4, 0.5) is 5.69 Å². The monoisotopic (exact) mass is 221 g/mol. The van der Waals surface area contributed by atoms with Crippen molar-refractivity contribution in [3.63, 3.8) is 0 Å². The average molecular weight is 221 g/mol. The van der Waals surface area contributed by atoms with Crippen molar-refractivity contribution in [2.75, 3.05) is 5.73 Å². The molecule has 0 bridgehead atoms. The Balaban J connectivity index is 2.74. The number of ether oxygens (including phenoxy) is 1. The van der Waals surface area contributed by atoms with Crippen LogP contribution in [0, 0.1) is 6.92 Å². The number of esters is 1. The van der Waals surface area contributed by atoms with Gasteiger partial charge < -0.3 is 10.5 Å². The van der Waals surface area contributed by atoms with Gasteiger partial charge in [0.05, 0.1) is 6.42 Å². The third kappa shape index (κ3) is 3.57. The zero-order chi connectivity index (χ0) is 12.3. The lowest BCUT2D eigenvalue weighted by molar-refractivity contribution is -0.153. The third-order valence-electron chi connectivity index (χ3n) is 2.17. The van der Waals surface area contributed by atoms with E-state index in [1.165, 1.54) is 0 Å². The highest BCUT2D eigenvalue weighted by molar-refractivity contribution is 5.75. The number of carbonyl (C=O) groups is 1. The SMILES string of the molecule is Cc1cccc(CC(=O)OC(C)(C)C)c1N. The molecule has 0 spiro atoms. The van der Waals surface area contributed by atoms with Gasteiger partial charge in [0, 0.05) is 5.69 Å². The molecule has 0 amide bonds. The van der Waals surface area contributed by atoms with Gasteiger partial charge in [-0.05, 0) is 38.8 Å². The van der Waals surface area contributed by atoms with Crippen molar-refractivity contribution in [1.82, 2.24) is 0 Å². The van der Waals surface area contributed by atoms with E-state index >= 15 is 0 Å². The summed E-state index contributed by atoms with van der Waals surface area (Å²) in [6, 6.07) is 5.67. The lowest BCUT2D eigenvalue weighted by atomic mass is 10.1. The zero-order valence-corrected chi connectivity index (χ0v) is 10.3. The number of anilines is 1. The van der Waals surface area contributed by atoms with Crippen LogP contribution >= 0.6 is 0 Å². The Morgan fingerprint density at radius 1 is 1.38 bits per heavy atom. The van der Waals surface area contributed by atoms with Crippen molar-refractivity contribution in [2.24, 2.45) is 0 Å². The minimum absolute atomic E-state index is 0.227. The molecular formula is C13H19NO2. The second-order valence-electron chi connectivity index (χ2n) is 4.91. The maximum absolute atomic E-state index is 11.6. The second kappa shape index (κ2) is 4.56. The molecule has 2 N–H and O–H groups in total. The molecule has 88 valence electrons. The number of para-hydroxylation sites is 1. The minimum Gasteiger partial charge on any atom is -0.460 e. The Bertz CT molecular complexity index is 391. The molecule has 0 aliphatic carbocycles. The molecule has 0 saturated heterocycles. The summed E-state index contributed by atoms with van der Waals surface area (Å²) < 4.78 is 5.24. The van der Waals surface area contributed by atoms with Gasteiger partial charge in [0.15, 0.2) is 0 Å². The van der Waals surface area contributed by atoms with Crippen LogP contribution in [0.3, 0.4) is 0 Å². The van der Waals surface area contributed by atoms with Gasteiger partial charge in [-0.3, -0.25) is 4.79 Å². The Kier molecular flexibility index (Phi) is 3.58. The summed E-state index contributed by atoms with van der Waals surface area (Å²) in [4.78, 5) is 11.6. The molecule has 0 heterocycles. The van der Waals surface area contributed by atoms with Crippen LogP contribution in [-0.4, -0.2) is 11.6 Å². The maximum atomic E-state index is 11.6. The second-order valence-corrected chi connectivity index (χ2v) is 4.91. The molecule has 3 nitrogen and oxygen atoms in total. The molecule has 0 unspecified atom stereocenters. The Labute approximate surface area is 96.6 Å². The number of hydrogen-bond acceptors (Lipinski definition) is 3. The number of aryl methyl sites for hydroxylation is 1. The average Bonchev–Trinajstić information content (AvgIpc) is 2.09. The van der Waals surface area contributed by atoms with Gasteiger partial charge in [-0.1, -0.05) is 18.2 Å². The fraction of sp³-hybridized carbons (Fsp3) is 0.462. The first-order valence-corrected chi connectivity index (χ1v) is 5.35. The molecule has 0 fully saturated rings. The summed E-state index contributed by atoms with van der Waals surface area (Å²) in [5.41, 5.74) is 7.93. The van der Waals surface area contributed by atoms with Crippen LogP contribution in [0.25, 0.3) is 0 Å². The van der Waals surface area contributed by atoms with E-state index in [4.69, 9.17) is 10.5 Å². The summed E-state index contributed by atoms with van der Waals surface area (Å²) in [7, 11) is 0. The maximum Gasteiger partial charge on any atom is 0.310 e. The Morgan fingerprint density at radius 3 is 2.56 bits per heavy atom. The molecular weight excluding hydrogens is 202 g/mol. The molecule has 0 saturated carbocycles. The van der Waals surface area contributed by atoms with Crippen molar-refractivity contribution in [3.8, 4) is 0 Å². The third-order valence-corrected chi connectivity index (χ3v) is 2.17. The van der Waals surface area contributed by atoms with Crippen molar-refractivity contribution in [1.29, 1.82) is 0 Å². The van der Waals surface area contributed by atoms with E-state index in [0.717, 1.165) is 11.1 Å². The Morgan fingerprint density at radius 2 is 2.00 bits per heavy atom. The number of benzene rings is 1. The predicted octanol–water partition coefficient (Wildman–Crippen LogP) is 2.46. The largest absolute Gasteiger partial charge is 0.460 e. The van der Waals surface area contributed by atoms with Gasteiger partial charge in [-0.2, -0.15) is 0 Å². The highest BCUT2D eigenvalue weighted by Crippen LogP contribution is 2.18. The Hall–Kier alpha value is -1.51. The van der Waals surface area contributed by atoms with Crippen LogP contribution in [-0.2, 0) is 16.0 Å². The quantitative estimate of drug-likeness (QED) is 0.616. The summed E-state index contributed by atoms with van der Waals surface area (Å²) in [5, 5.41) is 0. The molecule has 0 atom stereocenters. The van der Waals surface area contributed by atoms with Crippen molar-refractivity contribution in [2.45, 2.75) is 39.7 Å². The smallest absolute Gasteiger partial charge is 0.310 e. The molecule has 0 aliphatic rings. The standard InChI is InChI=1S/C13H19NO2/c1-9-6-5-7-10(12(9)14)8-11(15)16-13(2,3)4/h5-7H,8,14H2,1-4H3. The number of hydrogen-bond donors (Lipinski definition) is 1. The van der Waals surface area contributed by atoms with Gasteiger partial charge in [0.1, 0.15) is 5.60 Å². The van der Waals surface area contributed by atoms with E-state index in [1.54, 1.807) is 0 Å².